The van der Waals surface area contributed by atoms with Crippen LogP contribution in [0.1, 0.15) is 29.3 Å². The lowest BCUT2D eigenvalue weighted by molar-refractivity contribution is 0.0697. The van der Waals surface area contributed by atoms with Gasteiger partial charge in [-0.15, -0.1) is 0 Å². The van der Waals surface area contributed by atoms with Gasteiger partial charge in [-0.2, -0.15) is 0 Å². The van der Waals surface area contributed by atoms with E-state index in [4.69, 9.17) is 9.52 Å². The topological polar surface area (TPSA) is 83.6 Å². The van der Waals surface area contributed by atoms with Crippen molar-refractivity contribution in [2.45, 2.75) is 13.0 Å². The molecule has 0 spiro atoms. The third-order valence-corrected chi connectivity index (χ3v) is 2.01. The Morgan fingerprint density at radius 1 is 1.53 bits per heavy atom. The molecule has 0 radical (unpaired) electrons. The summed E-state index contributed by atoms with van der Waals surface area (Å²) in [6.07, 6.45) is -0.800. The minimum atomic E-state index is -1.02. The molecule has 0 fully saturated rings. The van der Waals surface area contributed by atoms with Crippen molar-refractivity contribution < 1.29 is 19.4 Å². The first-order valence-corrected chi connectivity index (χ1v) is 4.40. The largest absolute Gasteiger partial charge is 0.478 e. The number of hydrogen-bond donors (Lipinski definition) is 2. The van der Waals surface area contributed by atoms with Crippen LogP contribution in [0.5, 0.6) is 0 Å². The van der Waals surface area contributed by atoms with Crippen LogP contribution in [-0.4, -0.2) is 21.2 Å². The molecule has 0 aliphatic rings. The number of aromatic carboxylic acids is 1. The molecule has 0 aliphatic carbocycles. The molecule has 0 aliphatic heterocycles. The van der Waals surface area contributed by atoms with E-state index >= 15 is 0 Å². The molecule has 2 N–H and O–H groups in total. The zero-order valence-electron chi connectivity index (χ0n) is 7.97. The van der Waals surface area contributed by atoms with Gasteiger partial charge in [0.05, 0.1) is 5.56 Å². The molecule has 1 aromatic carbocycles. The van der Waals surface area contributed by atoms with Crippen LogP contribution in [0.2, 0.25) is 0 Å². The Bertz CT molecular complexity index is 515. The number of nitrogens with zero attached hydrogens (tertiary/aromatic N) is 1. The molecule has 1 heterocycles. The summed E-state index contributed by atoms with van der Waals surface area (Å²) in [4.78, 5) is 14.7. The van der Waals surface area contributed by atoms with E-state index < -0.39 is 12.1 Å². The van der Waals surface area contributed by atoms with Gasteiger partial charge in [-0.25, -0.2) is 9.78 Å². The van der Waals surface area contributed by atoms with Crippen molar-refractivity contribution in [3.05, 3.63) is 29.7 Å². The van der Waals surface area contributed by atoms with Gasteiger partial charge in [0.25, 0.3) is 0 Å². The first-order valence-electron chi connectivity index (χ1n) is 4.40. The highest BCUT2D eigenvalue weighted by Gasteiger charge is 2.12. The van der Waals surface area contributed by atoms with Crippen molar-refractivity contribution in [2.75, 3.05) is 0 Å². The monoisotopic (exact) mass is 207 g/mol. The number of benzene rings is 1. The average molecular weight is 207 g/mol. The number of carboxylic acids is 1. The number of carbonyl (C=O) groups is 1. The third kappa shape index (κ3) is 1.69. The molecule has 2 rings (SSSR count). The summed E-state index contributed by atoms with van der Waals surface area (Å²) in [5, 5.41) is 18.0. The summed E-state index contributed by atoms with van der Waals surface area (Å²) in [5.41, 5.74) is 1.04. The fourth-order valence-corrected chi connectivity index (χ4v) is 1.25. The Labute approximate surface area is 85.0 Å². The summed E-state index contributed by atoms with van der Waals surface area (Å²) >= 11 is 0. The Morgan fingerprint density at radius 2 is 2.27 bits per heavy atom. The number of fused-ring (bicyclic) bond motifs is 1. The van der Waals surface area contributed by atoms with E-state index in [1.54, 1.807) is 6.07 Å². The highest BCUT2D eigenvalue weighted by atomic mass is 16.4. The molecule has 5 nitrogen and oxygen atoms in total. The molecule has 15 heavy (non-hydrogen) atoms. The van der Waals surface area contributed by atoms with Gasteiger partial charge in [0, 0.05) is 0 Å². The maximum atomic E-state index is 10.7. The SMILES string of the molecule is CC(O)c1nc2ccc(C(=O)O)cc2o1. The van der Waals surface area contributed by atoms with Crippen molar-refractivity contribution in [1.82, 2.24) is 4.98 Å². The van der Waals surface area contributed by atoms with E-state index in [1.165, 1.54) is 19.1 Å². The van der Waals surface area contributed by atoms with Crippen LogP contribution in [-0.2, 0) is 0 Å². The van der Waals surface area contributed by atoms with Gasteiger partial charge in [-0.3, -0.25) is 0 Å². The van der Waals surface area contributed by atoms with Gasteiger partial charge >= 0.3 is 5.97 Å². The minimum absolute atomic E-state index is 0.135. The number of oxazole rings is 1. The Balaban J connectivity index is 2.57. The van der Waals surface area contributed by atoms with Crippen molar-refractivity contribution in [2.24, 2.45) is 0 Å². The number of aromatic nitrogens is 1. The Hall–Kier alpha value is -1.88. The van der Waals surface area contributed by atoms with Crippen LogP contribution >= 0.6 is 0 Å². The quantitative estimate of drug-likeness (QED) is 0.781. The first-order chi connectivity index (χ1) is 7.08. The molecule has 0 bridgehead atoms. The van der Waals surface area contributed by atoms with Gasteiger partial charge in [-0.05, 0) is 25.1 Å². The van der Waals surface area contributed by atoms with Crippen molar-refractivity contribution >= 4 is 17.1 Å². The Kier molecular flexibility index (Phi) is 2.17. The number of aliphatic hydroxyl groups excluding tert-OH is 1. The van der Waals surface area contributed by atoms with E-state index in [0.29, 0.717) is 11.1 Å². The zero-order chi connectivity index (χ0) is 11.0. The zero-order valence-corrected chi connectivity index (χ0v) is 7.97. The standard InChI is InChI=1S/C10H9NO4/c1-5(12)9-11-7-3-2-6(10(13)14)4-8(7)15-9/h2-5,12H,1H3,(H,13,14). The molecule has 0 amide bonds. The second-order valence-electron chi connectivity index (χ2n) is 3.22. The smallest absolute Gasteiger partial charge is 0.335 e. The number of aliphatic hydroxyl groups is 1. The fourth-order valence-electron chi connectivity index (χ4n) is 1.25. The minimum Gasteiger partial charge on any atom is -0.478 e. The number of hydrogen-bond acceptors (Lipinski definition) is 4. The van der Waals surface area contributed by atoms with Crippen molar-refractivity contribution in [1.29, 1.82) is 0 Å². The van der Waals surface area contributed by atoms with Crippen LogP contribution in [0.4, 0.5) is 0 Å². The van der Waals surface area contributed by atoms with E-state index in [-0.39, 0.29) is 11.5 Å². The molecule has 0 saturated heterocycles. The molecule has 1 atom stereocenters. The molecule has 78 valence electrons. The molecular weight excluding hydrogens is 198 g/mol. The van der Waals surface area contributed by atoms with Gasteiger partial charge < -0.3 is 14.6 Å². The third-order valence-electron chi connectivity index (χ3n) is 2.01. The lowest BCUT2D eigenvalue weighted by atomic mass is 10.2. The normalized spacial score (nSPS) is 12.9. The van der Waals surface area contributed by atoms with Gasteiger partial charge in [-0.1, -0.05) is 0 Å². The summed E-state index contributed by atoms with van der Waals surface area (Å²) in [7, 11) is 0. The summed E-state index contributed by atoms with van der Waals surface area (Å²) < 4.78 is 5.20. The van der Waals surface area contributed by atoms with E-state index in [1.807, 2.05) is 0 Å². The highest BCUT2D eigenvalue weighted by Crippen LogP contribution is 2.20. The van der Waals surface area contributed by atoms with Crippen LogP contribution < -0.4 is 0 Å². The summed E-state index contributed by atoms with van der Waals surface area (Å²) in [6.45, 7) is 1.53. The molecule has 5 heteroatoms. The lowest BCUT2D eigenvalue weighted by Gasteiger charge is -1.93. The average Bonchev–Trinajstić information content (AvgIpc) is 2.59. The van der Waals surface area contributed by atoms with E-state index in [2.05, 4.69) is 4.98 Å². The molecule has 2 aromatic rings. The van der Waals surface area contributed by atoms with Gasteiger partial charge in [0.1, 0.15) is 11.6 Å². The fraction of sp³-hybridized carbons (Fsp3) is 0.200. The second-order valence-corrected chi connectivity index (χ2v) is 3.22. The number of rotatable bonds is 2. The highest BCUT2D eigenvalue weighted by molar-refractivity contribution is 5.91. The second kappa shape index (κ2) is 3.36. The maximum absolute atomic E-state index is 10.7. The molecular formula is C10H9NO4. The van der Waals surface area contributed by atoms with Crippen LogP contribution in [0.15, 0.2) is 22.6 Å². The number of carboxylic acid groups (broad SMARTS) is 1. The van der Waals surface area contributed by atoms with Crippen LogP contribution in [0.3, 0.4) is 0 Å². The van der Waals surface area contributed by atoms with Crippen molar-refractivity contribution in [3.63, 3.8) is 0 Å². The van der Waals surface area contributed by atoms with E-state index in [0.717, 1.165) is 0 Å². The summed E-state index contributed by atoms with van der Waals surface area (Å²) in [5.74, 6) is -0.834. The van der Waals surface area contributed by atoms with Gasteiger partial charge in [0.15, 0.2) is 5.58 Å². The van der Waals surface area contributed by atoms with Gasteiger partial charge in [0.2, 0.25) is 5.89 Å². The van der Waals surface area contributed by atoms with Crippen molar-refractivity contribution in [3.8, 4) is 0 Å². The Morgan fingerprint density at radius 3 is 2.87 bits per heavy atom. The molecule has 1 aromatic heterocycles. The molecule has 1 unspecified atom stereocenters. The molecule has 0 saturated carbocycles. The summed E-state index contributed by atoms with van der Waals surface area (Å²) in [6, 6.07) is 4.38. The predicted molar refractivity (Wildman–Crippen MR) is 51.6 cm³/mol. The lowest BCUT2D eigenvalue weighted by Crippen LogP contribution is -1.94. The first kappa shape index (κ1) is 9.67. The van der Waals surface area contributed by atoms with Crippen LogP contribution in [0, 0.1) is 0 Å². The van der Waals surface area contributed by atoms with E-state index in [9.17, 15) is 9.90 Å². The van der Waals surface area contributed by atoms with Crippen LogP contribution in [0.25, 0.3) is 11.1 Å². The maximum Gasteiger partial charge on any atom is 0.335 e. The predicted octanol–water partition coefficient (Wildman–Crippen LogP) is 1.58.